The van der Waals surface area contributed by atoms with Crippen LogP contribution >= 0.6 is 27.0 Å². The molecule has 4 aromatic heterocycles. The van der Waals surface area contributed by atoms with Gasteiger partial charge in [0.15, 0.2) is 11.5 Å². The van der Waals surface area contributed by atoms with E-state index in [9.17, 15) is 28.8 Å². The number of nitrogen functional groups attached to an aromatic ring is 2. The van der Waals surface area contributed by atoms with Gasteiger partial charge in [-0.15, -0.1) is 11.3 Å². The Bertz CT molecular complexity index is 2060. The minimum Gasteiger partial charge on any atom is -0.388 e. The fraction of sp³-hybridized carbons (Fsp3) is 0.542. The van der Waals surface area contributed by atoms with Crippen molar-refractivity contribution in [3.8, 4) is 0 Å². The first-order valence-electron chi connectivity index (χ1n) is 14.2. The molecule has 2 bridgehead atoms. The van der Waals surface area contributed by atoms with E-state index in [4.69, 9.17) is 39.0 Å². The molecule has 2 unspecified atom stereocenters. The number of phosphoric ester groups is 2. The topological polar surface area (TPSA) is 292 Å². The number of nitrogens with one attached hydrogen (secondary N) is 1. The number of aliphatic hydroxyl groups is 1. The number of H-pyrrole nitrogens is 1. The highest BCUT2D eigenvalue weighted by Gasteiger charge is 2.74. The lowest BCUT2D eigenvalue weighted by molar-refractivity contribution is -0.0538. The lowest BCUT2D eigenvalue weighted by Gasteiger charge is -2.30. The number of hydrogen-bond acceptors (Lipinski definition) is 17. The van der Waals surface area contributed by atoms with Crippen LogP contribution in [0.2, 0.25) is 0 Å². The van der Waals surface area contributed by atoms with E-state index in [-0.39, 0.29) is 34.6 Å². The monoisotopic (exact) mass is 714 g/mol. The van der Waals surface area contributed by atoms with Crippen LogP contribution in [0.3, 0.4) is 0 Å². The van der Waals surface area contributed by atoms with Crippen LogP contribution in [0.25, 0.3) is 22.1 Å². The number of anilines is 2. The number of imidazole rings is 1. The second-order valence-electron chi connectivity index (χ2n) is 11.8. The largest absolute Gasteiger partial charge is 0.472 e. The normalized spacial score (nSPS) is 40.4. The zero-order valence-electron chi connectivity index (χ0n) is 24.2. The molecular formula is C24H28N8O12P2S. The molecule has 47 heavy (non-hydrogen) atoms. The second-order valence-corrected chi connectivity index (χ2v) is 15.5. The van der Waals surface area contributed by atoms with Gasteiger partial charge in [0, 0.05) is 17.9 Å². The van der Waals surface area contributed by atoms with Crippen molar-refractivity contribution in [1.29, 1.82) is 0 Å². The zero-order valence-corrected chi connectivity index (χ0v) is 26.8. The molecule has 11 atom stereocenters. The molecular weight excluding hydrogens is 686 g/mol. The number of nitrogens with zero attached hydrogens (tertiary/aromatic N) is 5. The highest BCUT2D eigenvalue weighted by molar-refractivity contribution is 7.47. The standard InChI is InChI=1S/C24H28N8O12P2S/c1-39-15-10-3-40-45(35,36)44-19-14(33)13(32-7-29-12-20(25)27-6-28-21(12)32)9-2-24(9,19)5-41-46(37,38)43-16(15)17(42-10)18-11-8(4-47-18)22(34)31-23(26)30-11/h4,6-7,9-10,13-17,19,33H,2-3,5H2,1H3,(H,35,36)(H,37,38)(H2,25,27,28)(H3,26,30,31,34)/t9-,10-,13-,14+,15-,16-,17-,19+,24-/m1/s1. The molecule has 2 aliphatic heterocycles. The molecule has 8 N–H and O–H groups in total. The van der Waals surface area contributed by atoms with Crippen LogP contribution in [0.15, 0.2) is 22.8 Å². The van der Waals surface area contributed by atoms with Gasteiger partial charge in [0.05, 0.1) is 41.4 Å². The van der Waals surface area contributed by atoms with Crippen molar-refractivity contribution >= 4 is 60.8 Å². The molecule has 2 saturated heterocycles. The Labute approximate surface area is 267 Å². The van der Waals surface area contributed by atoms with Gasteiger partial charge in [0.1, 0.15) is 48.5 Å². The summed E-state index contributed by atoms with van der Waals surface area (Å²) in [5, 5.41) is 13.2. The minimum absolute atomic E-state index is 0.117. The maximum Gasteiger partial charge on any atom is 0.472 e. The van der Waals surface area contributed by atoms with Crippen LogP contribution in [-0.2, 0) is 36.7 Å². The SMILES string of the molecule is CO[C@H]1[C@H]2OP(=O)(O)OC[C@]34C[C@@H]3[C@@H](n3cnc5c(N)ncnc53)[C@H](O)[C@@H]4OP(=O)(O)OC[C@H]1O[C@H]2c1scc2c(=O)[nH]c(N)nc12. The van der Waals surface area contributed by atoms with Gasteiger partial charge in [-0.3, -0.25) is 27.9 Å². The van der Waals surface area contributed by atoms with Crippen LogP contribution in [0, 0.1) is 11.3 Å². The molecule has 1 spiro atoms. The van der Waals surface area contributed by atoms with Gasteiger partial charge in [-0.05, 0) is 12.3 Å². The van der Waals surface area contributed by atoms with Gasteiger partial charge in [0.2, 0.25) is 5.95 Å². The quantitative estimate of drug-likeness (QED) is 0.156. The molecule has 2 aliphatic carbocycles. The predicted octanol–water partition coefficient (Wildman–Crippen LogP) is 0.384. The van der Waals surface area contributed by atoms with Crippen molar-refractivity contribution in [2.45, 2.75) is 49.1 Å². The van der Waals surface area contributed by atoms with Gasteiger partial charge in [-0.25, -0.2) is 29.1 Å². The van der Waals surface area contributed by atoms with E-state index >= 15 is 0 Å². The molecule has 20 nitrogen and oxygen atoms in total. The number of nitrogens with two attached hydrogens (primary N) is 2. The summed E-state index contributed by atoms with van der Waals surface area (Å²) in [7, 11) is -8.59. The molecule has 6 heterocycles. The number of hydrogen-bond donors (Lipinski definition) is 6. The fourth-order valence-electron chi connectivity index (χ4n) is 7.14. The number of thiophene rings is 1. The first kappa shape index (κ1) is 31.4. The van der Waals surface area contributed by atoms with E-state index < -0.39 is 88.4 Å². The summed E-state index contributed by atoms with van der Waals surface area (Å²) in [5.74, 6) is -0.527. The number of phosphoric acid groups is 2. The Morgan fingerprint density at radius 1 is 1.15 bits per heavy atom. The van der Waals surface area contributed by atoms with Gasteiger partial charge in [-0.1, -0.05) is 0 Å². The fourth-order valence-corrected chi connectivity index (χ4v) is 10.2. The highest BCUT2D eigenvalue weighted by Crippen LogP contribution is 2.72. The average Bonchev–Trinajstić information content (AvgIpc) is 3.30. The van der Waals surface area contributed by atoms with Crippen LogP contribution in [-0.4, -0.2) is 95.2 Å². The van der Waals surface area contributed by atoms with Crippen LogP contribution in [0.1, 0.15) is 23.4 Å². The van der Waals surface area contributed by atoms with Gasteiger partial charge in [-0.2, -0.15) is 0 Å². The number of methoxy groups -OCH3 is 1. The Hall–Kier alpha value is -2.91. The number of ether oxygens (including phenoxy) is 2. The first-order valence-corrected chi connectivity index (χ1v) is 18.1. The van der Waals surface area contributed by atoms with E-state index in [0.717, 1.165) is 11.3 Å². The number of aromatic nitrogens is 6. The lowest BCUT2D eigenvalue weighted by atomic mass is 10.0. The summed E-state index contributed by atoms with van der Waals surface area (Å²) in [6, 6.07) is -0.799. The summed E-state index contributed by atoms with van der Waals surface area (Å²) < 4.78 is 62.6. The lowest BCUT2D eigenvalue weighted by Crippen LogP contribution is -2.38. The number of aliphatic hydroxyl groups excluding tert-OH is 1. The Kier molecular flexibility index (Phi) is 7.20. The molecule has 4 fully saturated rings. The molecule has 0 aromatic carbocycles. The van der Waals surface area contributed by atoms with Crippen molar-refractivity contribution in [3.05, 3.63) is 33.3 Å². The summed E-state index contributed by atoms with van der Waals surface area (Å²) in [5.41, 5.74) is 10.8. The minimum atomic E-state index is -4.94. The van der Waals surface area contributed by atoms with Crippen molar-refractivity contribution in [3.63, 3.8) is 0 Å². The molecule has 23 heteroatoms. The van der Waals surface area contributed by atoms with Crippen LogP contribution < -0.4 is 17.0 Å². The van der Waals surface area contributed by atoms with Crippen molar-refractivity contribution in [1.82, 2.24) is 29.5 Å². The predicted molar refractivity (Wildman–Crippen MR) is 160 cm³/mol. The zero-order chi connectivity index (χ0) is 33.0. The summed E-state index contributed by atoms with van der Waals surface area (Å²) in [6.07, 6.45) is -4.71. The van der Waals surface area contributed by atoms with Crippen molar-refractivity contribution in [2.24, 2.45) is 11.3 Å². The highest BCUT2D eigenvalue weighted by atomic mass is 32.1. The molecule has 0 radical (unpaired) electrons. The second kappa shape index (κ2) is 10.8. The molecule has 4 aromatic rings. The van der Waals surface area contributed by atoms with Gasteiger partial charge in [0.25, 0.3) is 5.56 Å². The summed E-state index contributed by atoms with van der Waals surface area (Å²) >= 11 is 1.07. The first-order chi connectivity index (χ1) is 22.3. The number of fused-ring (bicyclic) bond motifs is 4. The maximum absolute atomic E-state index is 13.6. The average molecular weight is 715 g/mol. The summed E-state index contributed by atoms with van der Waals surface area (Å²) in [6.45, 7) is -1.11. The van der Waals surface area contributed by atoms with Crippen LogP contribution in [0.5, 0.6) is 0 Å². The molecule has 4 aliphatic rings. The van der Waals surface area contributed by atoms with E-state index in [0.29, 0.717) is 10.5 Å². The van der Waals surface area contributed by atoms with E-state index in [1.165, 1.54) is 25.1 Å². The third-order valence-corrected chi connectivity index (χ3v) is 12.2. The third-order valence-electron chi connectivity index (χ3n) is 9.28. The Morgan fingerprint density at radius 3 is 2.72 bits per heavy atom. The number of aromatic amines is 1. The smallest absolute Gasteiger partial charge is 0.388 e. The molecule has 8 rings (SSSR count). The summed E-state index contributed by atoms with van der Waals surface area (Å²) in [4.78, 5) is 53.8. The Morgan fingerprint density at radius 2 is 1.94 bits per heavy atom. The van der Waals surface area contributed by atoms with Crippen molar-refractivity contribution < 1.29 is 51.6 Å². The Balaban J connectivity index is 1.15. The van der Waals surface area contributed by atoms with Gasteiger partial charge >= 0.3 is 15.6 Å². The van der Waals surface area contributed by atoms with Crippen LogP contribution in [0.4, 0.5) is 11.8 Å². The van der Waals surface area contributed by atoms with Gasteiger partial charge < -0.3 is 40.4 Å². The third kappa shape index (κ3) is 4.96. The van der Waals surface area contributed by atoms with E-state index in [1.54, 1.807) is 4.57 Å². The maximum atomic E-state index is 13.6. The molecule has 2 saturated carbocycles. The molecule has 252 valence electrons. The van der Waals surface area contributed by atoms with E-state index in [2.05, 4.69) is 24.9 Å². The number of rotatable bonds is 3. The van der Waals surface area contributed by atoms with E-state index in [1.807, 2.05) is 0 Å². The van der Waals surface area contributed by atoms with Crippen molar-refractivity contribution in [2.75, 3.05) is 31.8 Å². The molecule has 0 amide bonds.